The average Bonchev–Trinajstić information content (AvgIpc) is 3.38. The number of hydrogen-bond donors (Lipinski definition) is 2. The quantitative estimate of drug-likeness (QED) is 0.350. The zero-order valence-corrected chi connectivity index (χ0v) is 19.2. The summed E-state index contributed by atoms with van der Waals surface area (Å²) < 4.78 is 12.0. The second kappa shape index (κ2) is 9.34. The van der Waals surface area contributed by atoms with Crippen LogP contribution in [0, 0.1) is 0 Å². The molecule has 2 unspecified atom stereocenters. The lowest BCUT2D eigenvalue weighted by Crippen LogP contribution is -2.36. The van der Waals surface area contributed by atoms with E-state index >= 15 is 0 Å². The number of phenols is 1. The molecule has 2 aliphatic rings. The number of benzene rings is 2. The Bertz CT molecular complexity index is 1060. The third kappa shape index (κ3) is 4.25. The van der Waals surface area contributed by atoms with E-state index in [9.17, 15) is 19.8 Å². The molecule has 2 aromatic rings. The summed E-state index contributed by atoms with van der Waals surface area (Å²) in [6.07, 6.45) is 1.51. The number of aromatic hydroxyl groups is 1. The summed E-state index contributed by atoms with van der Waals surface area (Å²) in [4.78, 5) is 27.6. The van der Waals surface area contributed by atoms with Crippen molar-refractivity contribution in [1.82, 2.24) is 4.90 Å². The molecule has 2 aliphatic heterocycles. The Hall–Kier alpha value is -2.84. The Morgan fingerprint density at radius 3 is 2.62 bits per heavy atom. The largest absolute Gasteiger partial charge is 0.507 e. The van der Waals surface area contributed by atoms with E-state index in [0.29, 0.717) is 24.3 Å². The number of aliphatic hydroxyl groups is 1. The number of Topliss-reactive ketones (excluding diaryl/α,β-unsaturated/α-hetero) is 1. The first-order valence-corrected chi connectivity index (χ1v) is 11.3. The zero-order valence-electron chi connectivity index (χ0n) is 17.6. The highest BCUT2D eigenvalue weighted by atomic mass is 79.9. The van der Waals surface area contributed by atoms with Gasteiger partial charge in [0.15, 0.2) is 11.5 Å². The predicted octanol–water partition coefficient (Wildman–Crippen LogP) is 4.15. The summed E-state index contributed by atoms with van der Waals surface area (Å²) in [6.45, 7) is 2.98. The zero-order chi connectivity index (χ0) is 22.8. The molecule has 8 heteroatoms. The molecule has 32 heavy (non-hydrogen) atoms. The van der Waals surface area contributed by atoms with Crippen LogP contribution in [0.5, 0.6) is 11.5 Å². The second-order valence-electron chi connectivity index (χ2n) is 7.75. The van der Waals surface area contributed by atoms with Gasteiger partial charge in [0.1, 0.15) is 5.76 Å². The van der Waals surface area contributed by atoms with Gasteiger partial charge in [0, 0.05) is 23.2 Å². The number of hydrogen-bond acceptors (Lipinski definition) is 6. The van der Waals surface area contributed by atoms with Crippen LogP contribution in [0.3, 0.4) is 0 Å². The SMILES string of the molecule is CCOc1cc(C2C(=C(O)c3ccc(Br)cc3)C(=O)C(=O)N2CC2CCCO2)ccc1O. The smallest absolute Gasteiger partial charge is 0.295 e. The fourth-order valence-electron chi connectivity index (χ4n) is 4.16. The first-order valence-electron chi connectivity index (χ1n) is 10.5. The highest BCUT2D eigenvalue weighted by Gasteiger charge is 2.47. The first-order chi connectivity index (χ1) is 15.4. The molecule has 0 saturated carbocycles. The highest BCUT2D eigenvalue weighted by Crippen LogP contribution is 2.42. The van der Waals surface area contributed by atoms with Gasteiger partial charge in [-0.1, -0.05) is 34.1 Å². The maximum absolute atomic E-state index is 13.1. The standard InChI is InChI=1S/C24H24BrNO6/c1-2-31-19-12-15(7-10-18(19)27)21-20(22(28)14-5-8-16(25)9-6-14)23(29)24(30)26(21)13-17-4-3-11-32-17/h5-10,12,17,21,27-28H,2-4,11,13H2,1H3. The van der Waals surface area contributed by atoms with E-state index in [1.165, 1.54) is 11.0 Å². The van der Waals surface area contributed by atoms with Gasteiger partial charge in [0.2, 0.25) is 0 Å². The number of rotatable bonds is 6. The molecule has 2 aromatic carbocycles. The lowest BCUT2D eigenvalue weighted by Gasteiger charge is -2.27. The number of ether oxygens (including phenoxy) is 2. The van der Waals surface area contributed by atoms with Gasteiger partial charge in [-0.05, 0) is 49.6 Å². The Kier molecular flexibility index (Phi) is 6.53. The molecule has 0 aromatic heterocycles. The van der Waals surface area contributed by atoms with Crippen molar-refractivity contribution in [3.63, 3.8) is 0 Å². The van der Waals surface area contributed by atoms with E-state index in [4.69, 9.17) is 9.47 Å². The van der Waals surface area contributed by atoms with Crippen LogP contribution in [-0.4, -0.2) is 52.7 Å². The van der Waals surface area contributed by atoms with E-state index in [1.807, 2.05) is 0 Å². The van der Waals surface area contributed by atoms with Crippen LogP contribution in [0.2, 0.25) is 0 Å². The van der Waals surface area contributed by atoms with Crippen molar-refractivity contribution >= 4 is 33.4 Å². The number of carbonyl (C=O) groups is 2. The summed E-state index contributed by atoms with van der Waals surface area (Å²) in [5.74, 6) is -1.48. The van der Waals surface area contributed by atoms with Crippen molar-refractivity contribution in [3.05, 3.63) is 63.6 Å². The van der Waals surface area contributed by atoms with Crippen molar-refractivity contribution in [2.24, 2.45) is 0 Å². The summed E-state index contributed by atoms with van der Waals surface area (Å²) in [5, 5.41) is 21.2. The van der Waals surface area contributed by atoms with Crippen LogP contribution in [0.15, 0.2) is 52.5 Å². The minimum absolute atomic E-state index is 0.00320. The molecule has 2 fully saturated rings. The number of halogens is 1. The Morgan fingerprint density at radius 1 is 1.22 bits per heavy atom. The molecule has 2 N–H and O–H groups in total. The van der Waals surface area contributed by atoms with Crippen molar-refractivity contribution in [1.29, 1.82) is 0 Å². The van der Waals surface area contributed by atoms with Crippen molar-refractivity contribution in [2.75, 3.05) is 19.8 Å². The fraction of sp³-hybridized carbons (Fsp3) is 0.333. The highest BCUT2D eigenvalue weighted by molar-refractivity contribution is 9.10. The fourth-order valence-corrected chi connectivity index (χ4v) is 4.42. The number of amides is 1. The molecule has 0 spiro atoms. The summed E-state index contributed by atoms with van der Waals surface area (Å²) in [6, 6.07) is 10.7. The van der Waals surface area contributed by atoms with E-state index in [1.54, 1.807) is 43.3 Å². The van der Waals surface area contributed by atoms with E-state index in [-0.39, 0.29) is 35.5 Å². The molecule has 1 amide bonds. The number of likely N-dealkylation sites (tertiary alicyclic amines) is 1. The van der Waals surface area contributed by atoms with Gasteiger partial charge in [-0.2, -0.15) is 0 Å². The molecule has 0 radical (unpaired) electrons. The number of carbonyl (C=O) groups excluding carboxylic acids is 2. The summed E-state index contributed by atoms with van der Waals surface area (Å²) in [5.41, 5.74) is 0.989. The Balaban J connectivity index is 1.84. The molecule has 168 valence electrons. The van der Waals surface area contributed by atoms with E-state index in [2.05, 4.69) is 15.9 Å². The van der Waals surface area contributed by atoms with Crippen LogP contribution in [0.25, 0.3) is 5.76 Å². The molecule has 2 atom stereocenters. The number of aliphatic hydroxyl groups excluding tert-OH is 1. The predicted molar refractivity (Wildman–Crippen MR) is 121 cm³/mol. The van der Waals surface area contributed by atoms with E-state index < -0.39 is 17.7 Å². The monoisotopic (exact) mass is 501 g/mol. The molecule has 7 nitrogen and oxygen atoms in total. The van der Waals surface area contributed by atoms with Crippen LogP contribution < -0.4 is 4.74 Å². The molecule has 0 aliphatic carbocycles. The molecule has 4 rings (SSSR count). The van der Waals surface area contributed by atoms with Crippen LogP contribution in [-0.2, 0) is 14.3 Å². The minimum Gasteiger partial charge on any atom is -0.507 e. The first kappa shape index (κ1) is 22.4. The van der Waals surface area contributed by atoms with Crippen LogP contribution >= 0.6 is 15.9 Å². The summed E-state index contributed by atoms with van der Waals surface area (Å²) >= 11 is 3.36. The average molecular weight is 502 g/mol. The summed E-state index contributed by atoms with van der Waals surface area (Å²) in [7, 11) is 0. The topological polar surface area (TPSA) is 96.3 Å². The minimum atomic E-state index is -0.831. The van der Waals surface area contributed by atoms with Crippen LogP contribution in [0.4, 0.5) is 0 Å². The lowest BCUT2D eigenvalue weighted by molar-refractivity contribution is -0.140. The van der Waals surface area contributed by atoms with Crippen molar-refractivity contribution in [2.45, 2.75) is 31.9 Å². The molecular weight excluding hydrogens is 478 g/mol. The number of phenolic OH excluding ortho intramolecular Hbond substituents is 1. The second-order valence-corrected chi connectivity index (χ2v) is 8.67. The maximum Gasteiger partial charge on any atom is 0.295 e. The molecule has 0 bridgehead atoms. The number of nitrogens with zero attached hydrogens (tertiary/aromatic N) is 1. The normalized spacial score (nSPS) is 22.5. The molecular formula is C24H24BrNO6. The third-order valence-electron chi connectivity index (χ3n) is 5.68. The molecule has 2 saturated heterocycles. The van der Waals surface area contributed by atoms with E-state index in [0.717, 1.165) is 17.3 Å². The maximum atomic E-state index is 13.1. The van der Waals surface area contributed by atoms with Crippen molar-refractivity contribution < 1.29 is 29.3 Å². The number of ketones is 1. The Labute approximate surface area is 194 Å². The van der Waals surface area contributed by atoms with Crippen molar-refractivity contribution in [3.8, 4) is 11.5 Å². The van der Waals surface area contributed by atoms with Crippen LogP contribution in [0.1, 0.15) is 36.9 Å². The lowest BCUT2D eigenvalue weighted by atomic mass is 9.95. The Morgan fingerprint density at radius 2 is 1.97 bits per heavy atom. The third-order valence-corrected chi connectivity index (χ3v) is 6.21. The van der Waals surface area contributed by atoms with Gasteiger partial charge in [-0.25, -0.2) is 0 Å². The molecule has 2 heterocycles. The van der Waals surface area contributed by atoms with Gasteiger partial charge in [0.25, 0.3) is 11.7 Å². The van der Waals surface area contributed by atoms with Gasteiger partial charge in [-0.15, -0.1) is 0 Å². The van der Waals surface area contributed by atoms with Gasteiger partial charge in [0.05, 0.1) is 24.3 Å². The van der Waals surface area contributed by atoms with Gasteiger partial charge < -0.3 is 24.6 Å². The van der Waals surface area contributed by atoms with Gasteiger partial charge >= 0.3 is 0 Å². The van der Waals surface area contributed by atoms with Gasteiger partial charge in [-0.3, -0.25) is 9.59 Å².